The molecule has 146 valence electrons. The van der Waals surface area contributed by atoms with Gasteiger partial charge in [0.05, 0.1) is 13.2 Å². The van der Waals surface area contributed by atoms with E-state index in [0.29, 0.717) is 32.8 Å². The second kappa shape index (κ2) is 7.75. The molecule has 0 aromatic heterocycles. The minimum Gasteiger partial charge on any atom is -0.379 e. The summed E-state index contributed by atoms with van der Waals surface area (Å²) < 4.78 is 62.1. The van der Waals surface area contributed by atoms with Crippen LogP contribution in [0.3, 0.4) is 0 Å². The first-order valence-corrected chi connectivity index (χ1v) is 11.7. The van der Waals surface area contributed by atoms with E-state index in [9.17, 15) is 16.8 Å². The number of rotatable bonds is 4. The van der Waals surface area contributed by atoms with Gasteiger partial charge >= 0.3 is 0 Å². The highest BCUT2D eigenvalue weighted by Crippen LogP contribution is 2.24. The third-order valence-corrected chi connectivity index (χ3v) is 9.37. The molecule has 3 saturated heterocycles. The highest BCUT2D eigenvalue weighted by molar-refractivity contribution is 7.87. The quantitative estimate of drug-likeness (QED) is 0.627. The summed E-state index contributed by atoms with van der Waals surface area (Å²) in [6.45, 7) is 4.80. The van der Waals surface area contributed by atoms with Crippen LogP contribution in [-0.2, 0) is 25.2 Å². The Hall–Kier alpha value is -0.300. The fraction of sp³-hybridized carbons (Fsp3) is 1.00. The van der Waals surface area contributed by atoms with Crippen LogP contribution in [0.15, 0.2) is 0 Å². The Bertz CT molecular complexity index is 655. The van der Waals surface area contributed by atoms with Gasteiger partial charge in [0, 0.05) is 51.9 Å². The van der Waals surface area contributed by atoms with Crippen LogP contribution in [0, 0.1) is 0 Å². The fourth-order valence-electron chi connectivity index (χ4n) is 3.63. The van der Waals surface area contributed by atoms with Gasteiger partial charge < -0.3 is 4.74 Å². The summed E-state index contributed by atoms with van der Waals surface area (Å²) in [6.07, 6.45) is 2.82. The largest absolute Gasteiger partial charge is 0.379 e. The van der Waals surface area contributed by atoms with Gasteiger partial charge in [0.1, 0.15) is 0 Å². The SMILES string of the molecule is CC1CCCCN1S(=O)(=O)N1CCN(S(=O)(=O)N2CCOCC2)CC1. The van der Waals surface area contributed by atoms with E-state index in [4.69, 9.17) is 4.74 Å². The maximum absolute atomic E-state index is 12.9. The van der Waals surface area contributed by atoms with Crippen LogP contribution < -0.4 is 0 Å². The van der Waals surface area contributed by atoms with Crippen molar-refractivity contribution in [3.8, 4) is 0 Å². The summed E-state index contributed by atoms with van der Waals surface area (Å²) in [6, 6.07) is 0.00821. The zero-order chi connectivity index (χ0) is 18.1. The maximum Gasteiger partial charge on any atom is 0.282 e. The molecule has 0 amide bonds. The zero-order valence-corrected chi connectivity index (χ0v) is 16.3. The number of hydrogen-bond donors (Lipinski definition) is 0. The van der Waals surface area contributed by atoms with Crippen molar-refractivity contribution in [2.24, 2.45) is 0 Å². The third-order valence-electron chi connectivity index (χ3n) is 5.18. The summed E-state index contributed by atoms with van der Waals surface area (Å²) in [5, 5.41) is 0. The molecule has 0 aromatic rings. The Balaban J connectivity index is 1.63. The molecule has 9 nitrogen and oxygen atoms in total. The monoisotopic (exact) mass is 396 g/mol. The standard InChI is InChI=1S/C14H28N4O5S2/c1-14-4-2-3-5-18(14)25(21,22)16-8-6-15(7-9-16)24(19,20)17-10-12-23-13-11-17/h14H,2-13H2,1H3. The lowest BCUT2D eigenvalue weighted by molar-refractivity contribution is 0.0693. The molecule has 0 aromatic carbocycles. The molecule has 0 saturated carbocycles. The van der Waals surface area contributed by atoms with Crippen LogP contribution in [-0.4, -0.2) is 99.1 Å². The first kappa shape index (κ1) is 19.5. The van der Waals surface area contributed by atoms with Crippen LogP contribution in [0.4, 0.5) is 0 Å². The summed E-state index contributed by atoms with van der Waals surface area (Å²) in [5.74, 6) is 0. The first-order valence-electron chi connectivity index (χ1n) is 8.93. The van der Waals surface area contributed by atoms with Crippen molar-refractivity contribution >= 4 is 20.4 Å². The van der Waals surface area contributed by atoms with Gasteiger partial charge in [-0.2, -0.15) is 34.1 Å². The molecule has 0 aliphatic carbocycles. The molecule has 1 unspecified atom stereocenters. The van der Waals surface area contributed by atoms with Crippen LogP contribution in [0.2, 0.25) is 0 Å². The Kier molecular flexibility index (Phi) is 6.03. The van der Waals surface area contributed by atoms with Gasteiger partial charge in [-0.15, -0.1) is 0 Å². The maximum atomic E-state index is 12.9. The molecule has 3 rings (SSSR count). The number of nitrogens with zero attached hydrogens (tertiary/aromatic N) is 4. The van der Waals surface area contributed by atoms with Gasteiger partial charge in [-0.25, -0.2) is 0 Å². The average molecular weight is 397 g/mol. The molecular weight excluding hydrogens is 368 g/mol. The highest BCUT2D eigenvalue weighted by Gasteiger charge is 2.39. The van der Waals surface area contributed by atoms with E-state index >= 15 is 0 Å². The predicted molar refractivity (Wildman–Crippen MR) is 93.4 cm³/mol. The van der Waals surface area contributed by atoms with E-state index in [2.05, 4.69) is 0 Å². The van der Waals surface area contributed by atoms with Crippen molar-refractivity contribution in [1.29, 1.82) is 0 Å². The number of morpholine rings is 1. The van der Waals surface area contributed by atoms with E-state index in [1.165, 1.54) is 12.9 Å². The Morgan fingerprint density at radius 1 is 0.720 bits per heavy atom. The second-order valence-electron chi connectivity index (χ2n) is 6.78. The van der Waals surface area contributed by atoms with E-state index in [0.717, 1.165) is 19.3 Å². The second-order valence-corrected chi connectivity index (χ2v) is 10.6. The molecule has 3 aliphatic heterocycles. The molecule has 0 radical (unpaired) electrons. The van der Waals surface area contributed by atoms with Crippen LogP contribution >= 0.6 is 0 Å². The number of hydrogen-bond acceptors (Lipinski definition) is 5. The smallest absolute Gasteiger partial charge is 0.282 e. The average Bonchev–Trinajstić information content (AvgIpc) is 2.63. The Labute approximate surface area is 150 Å². The van der Waals surface area contributed by atoms with Crippen molar-refractivity contribution in [2.45, 2.75) is 32.2 Å². The van der Waals surface area contributed by atoms with Gasteiger partial charge in [-0.1, -0.05) is 6.42 Å². The molecule has 0 spiro atoms. The van der Waals surface area contributed by atoms with Gasteiger partial charge in [-0.3, -0.25) is 0 Å². The Morgan fingerprint density at radius 2 is 1.24 bits per heavy atom. The number of piperidine rings is 1. The van der Waals surface area contributed by atoms with E-state index in [1.807, 2.05) is 6.92 Å². The number of ether oxygens (including phenoxy) is 1. The van der Waals surface area contributed by atoms with Gasteiger partial charge in [-0.05, 0) is 19.8 Å². The van der Waals surface area contributed by atoms with Crippen molar-refractivity contribution in [2.75, 3.05) is 59.0 Å². The van der Waals surface area contributed by atoms with E-state index < -0.39 is 20.4 Å². The lowest BCUT2D eigenvalue weighted by Crippen LogP contribution is -2.58. The van der Waals surface area contributed by atoms with E-state index in [-0.39, 0.29) is 32.2 Å². The van der Waals surface area contributed by atoms with Gasteiger partial charge in [0.25, 0.3) is 20.4 Å². The molecule has 3 heterocycles. The minimum atomic E-state index is -3.54. The van der Waals surface area contributed by atoms with Crippen LogP contribution in [0.1, 0.15) is 26.2 Å². The molecular formula is C14H28N4O5S2. The first-order chi connectivity index (χ1) is 11.8. The summed E-state index contributed by atoms with van der Waals surface area (Å²) >= 11 is 0. The minimum absolute atomic E-state index is 0.00821. The number of piperazine rings is 1. The van der Waals surface area contributed by atoms with Crippen molar-refractivity contribution in [1.82, 2.24) is 17.2 Å². The van der Waals surface area contributed by atoms with Crippen LogP contribution in [0.5, 0.6) is 0 Å². The molecule has 0 N–H and O–H groups in total. The topological polar surface area (TPSA) is 90.5 Å². The predicted octanol–water partition coefficient (Wildman–Crippen LogP) is -0.700. The highest BCUT2D eigenvalue weighted by atomic mass is 32.2. The normalized spacial score (nSPS) is 29.7. The lowest BCUT2D eigenvalue weighted by Gasteiger charge is -2.40. The molecule has 1 atom stereocenters. The van der Waals surface area contributed by atoms with E-state index in [1.54, 1.807) is 4.31 Å². The zero-order valence-electron chi connectivity index (χ0n) is 14.7. The summed E-state index contributed by atoms with van der Waals surface area (Å²) in [7, 11) is -7.05. The molecule has 3 aliphatic rings. The lowest BCUT2D eigenvalue weighted by atomic mass is 10.1. The van der Waals surface area contributed by atoms with Crippen molar-refractivity contribution < 1.29 is 21.6 Å². The Morgan fingerprint density at radius 3 is 1.80 bits per heavy atom. The molecule has 11 heteroatoms. The van der Waals surface area contributed by atoms with Gasteiger partial charge in [0.2, 0.25) is 0 Å². The fourth-order valence-corrected chi connectivity index (χ4v) is 7.04. The van der Waals surface area contributed by atoms with Crippen molar-refractivity contribution in [3.63, 3.8) is 0 Å². The molecule has 0 bridgehead atoms. The third kappa shape index (κ3) is 4.02. The summed E-state index contributed by atoms with van der Waals surface area (Å²) in [5.41, 5.74) is 0. The molecule has 3 fully saturated rings. The molecule has 25 heavy (non-hydrogen) atoms. The summed E-state index contributed by atoms with van der Waals surface area (Å²) in [4.78, 5) is 0. The van der Waals surface area contributed by atoms with Crippen LogP contribution in [0.25, 0.3) is 0 Å². The van der Waals surface area contributed by atoms with Gasteiger partial charge in [0.15, 0.2) is 0 Å². The van der Waals surface area contributed by atoms with Crippen molar-refractivity contribution in [3.05, 3.63) is 0 Å².